The number of nitrogens with zero attached hydrogens (tertiary/aromatic N) is 3. The molecule has 0 unspecified atom stereocenters. The standard InChI is InChI=1S/C12H8ClF3N4O3/c1-19-10(12(14,15)16)5-9(18-19)11(21)17-8-4-6(20(22)23)2-3-7(8)13/h2-5H,1H3,(H,17,21). The summed E-state index contributed by atoms with van der Waals surface area (Å²) in [7, 11) is 1.04. The van der Waals surface area contributed by atoms with Crippen molar-refractivity contribution in [1.29, 1.82) is 0 Å². The lowest BCUT2D eigenvalue weighted by Crippen LogP contribution is -2.13. The molecular formula is C12H8ClF3N4O3. The molecule has 0 spiro atoms. The monoisotopic (exact) mass is 348 g/mol. The summed E-state index contributed by atoms with van der Waals surface area (Å²) in [5.74, 6) is -0.974. The van der Waals surface area contributed by atoms with Crippen LogP contribution in [0.3, 0.4) is 0 Å². The van der Waals surface area contributed by atoms with Crippen LogP contribution in [-0.2, 0) is 13.2 Å². The minimum atomic E-state index is -4.66. The van der Waals surface area contributed by atoms with Gasteiger partial charge in [0.25, 0.3) is 11.6 Å². The normalized spacial score (nSPS) is 11.3. The second-order valence-electron chi connectivity index (χ2n) is 4.41. The van der Waals surface area contributed by atoms with E-state index in [0.717, 1.165) is 19.2 Å². The minimum Gasteiger partial charge on any atom is -0.319 e. The number of carbonyl (C=O) groups is 1. The number of carbonyl (C=O) groups excluding carboxylic acids is 1. The van der Waals surface area contributed by atoms with Gasteiger partial charge in [-0.3, -0.25) is 19.6 Å². The van der Waals surface area contributed by atoms with Crippen molar-refractivity contribution >= 4 is 28.9 Å². The summed E-state index contributed by atoms with van der Waals surface area (Å²) in [4.78, 5) is 21.9. The van der Waals surface area contributed by atoms with Gasteiger partial charge in [0.05, 0.1) is 15.6 Å². The number of halogens is 4. The number of rotatable bonds is 3. The van der Waals surface area contributed by atoms with Gasteiger partial charge in [-0.2, -0.15) is 18.3 Å². The third-order valence-corrected chi connectivity index (χ3v) is 3.14. The second-order valence-corrected chi connectivity index (χ2v) is 4.82. The van der Waals surface area contributed by atoms with E-state index in [0.29, 0.717) is 10.7 Å². The third-order valence-electron chi connectivity index (χ3n) is 2.81. The Hall–Kier alpha value is -2.62. The fourth-order valence-corrected chi connectivity index (χ4v) is 1.92. The summed E-state index contributed by atoms with van der Waals surface area (Å²) < 4.78 is 38.5. The Morgan fingerprint density at radius 1 is 1.39 bits per heavy atom. The van der Waals surface area contributed by atoms with Gasteiger partial charge in [-0.25, -0.2) is 0 Å². The molecule has 1 aromatic carbocycles. The van der Waals surface area contributed by atoms with Crippen molar-refractivity contribution in [3.05, 3.63) is 50.8 Å². The number of aryl methyl sites for hydroxylation is 1. The van der Waals surface area contributed by atoms with Gasteiger partial charge in [0, 0.05) is 25.2 Å². The number of non-ortho nitro benzene ring substituents is 1. The van der Waals surface area contributed by atoms with E-state index in [4.69, 9.17) is 11.6 Å². The van der Waals surface area contributed by atoms with Crippen LogP contribution in [0.5, 0.6) is 0 Å². The van der Waals surface area contributed by atoms with Crippen LogP contribution in [0.2, 0.25) is 5.02 Å². The van der Waals surface area contributed by atoms with Gasteiger partial charge in [-0.1, -0.05) is 11.6 Å². The van der Waals surface area contributed by atoms with Gasteiger partial charge in [0.1, 0.15) is 5.69 Å². The second kappa shape index (κ2) is 5.88. The highest BCUT2D eigenvalue weighted by molar-refractivity contribution is 6.34. The van der Waals surface area contributed by atoms with Crippen LogP contribution >= 0.6 is 11.6 Å². The predicted octanol–water partition coefficient (Wildman–Crippen LogP) is 3.25. The summed E-state index contributed by atoms with van der Waals surface area (Å²) in [6.45, 7) is 0. The fourth-order valence-electron chi connectivity index (χ4n) is 1.75. The third kappa shape index (κ3) is 3.59. The van der Waals surface area contributed by atoms with E-state index in [1.165, 1.54) is 6.07 Å². The Kier molecular flexibility index (Phi) is 4.28. The van der Waals surface area contributed by atoms with Crippen molar-refractivity contribution in [2.24, 2.45) is 7.05 Å². The molecule has 1 heterocycles. The van der Waals surface area contributed by atoms with Gasteiger partial charge in [-0.05, 0) is 6.07 Å². The zero-order valence-corrected chi connectivity index (χ0v) is 12.1. The van der Waals surface area contributed by atoms with Crippen LogP contribution in [0.25, 0.3) is 0 Å². The number of alkyl halides is 3. The molecule has 122 valence electrons. The molecule has 7 nitrogen and oxygen atoms in total. The molecular weight excluding hydrogens is 341 g/mol. The number of nitro benzene ring substituents is 1. The molecule has 1 amide bonds. The first-order valence-corrected chi connectivity index (χ1v) is 6.34. The topological polar surface area (TPSA) is 90.1 Å². The molecule has 0 saturated heterocycles. The Morgan fingerprint density at radius 2 is 2.04 bits per heavy atom. The van der Waals surface area contributed by atoms with Crippen molar-refractivity contribution in [2.45, 2.75) is 6.18 Å². The number of benzene rings is 1. The first-order chi connectivity index (χ1) is 10.6. The molecule has 0 radical (unpaired) electrons. The lowest BCUT2D eigenvalue weighted by Gasteiger charge is -2.05. The summed E-state index contributed by atoms with van der Waals surface area (Å²) in [6.07, 6.45) is -4.66. The van der Waals surface area contributed by atoms with Crippen molar-refractivity contribution < 1.29 is 22.9 Å². The van der Waals surface area contributed by atoms with E-state index in [1.807, 2.05) is 0 Å². The van der Waals surface area contributed by atoms with Gasteiger partial charge in [-0.15, -0.1) is 0 Å². The maximum absolute atomic E-state index is 12.7. The first-order valence-electron chi connectivity index (χ1n) is 5.96. The molecule has 2 aromatic rings. The van der Waals surface area contributed by atoms with Crippen molar-refractivity contribution in [2.75, 3.05) is 5.32 Å². The summed E-state index contributed by atoms with van der Waals surface area (Å²) in [6, 6.07) is 3.88. The maximum atomic E-state index is 12.7. The highest BCUT2D eigenvalue weighted by atomic mass is 35.5. The van der Waals surface area contributed by atoms with Crippen LogP contribution in [0.4, 0.5) is 24.5 Å². The summed E-state index contributed by atoms with van der Waals surface area (Å²) in [5.41, 5.74) is -2.04. The van der Waals surface area contributed by atoms with Crippen LogP contribution in [-0.4, -0.2) is 20.6 Å². The average Bonchev–Trinajstić information content (AvgIpc) is 2.83. The lowest BCUT2D eigenvalue weighted by atomic mass is 10.2. The Balaban J connectivity index is 2.30. The molecule has 2 rings (SSSR count). The van der Waals surface area contributed by atoms with E-state index >= 15 is 0 Å². The largest absolute Gasteiger partial charge is 0.433 e. The molecule has 1 N–H and O–H groups in total. The maximum Gasteiger partial charge on any atom is 0.433 e. The van der Waals surface area contributed by atoms with Gasteiger partial charge < -0.3 is 5.32 Å². The molecule has 0 aliphatic carbocycles. The van der Waals surface area contributed by atoms with E-state index in [1.54, 1.807) is 0 Å². The summed E-state index contributed by atoms with van der Waals surface area (Å²) >= 11 is 5.80. The predicted molar refractivity (Wildman–Crippen MR) is 74.3 cm³/mol. The van der Waals surface area contributed by atoms with E-state index in [2.05, 4.69) is 10.4 Å². The Bertz CT molecular complexity index is 788. The minimum absolute atomic E-state index is 0.00377. The Labute approximate surface area is 131 Å². The molecule has 0 saturated carbocycles. The van der Waals surface area contributed by atoms with Crippen LogP contribution in [0, 0.1) is 10.1 Å². The molecule has 0 atom stereocenters. The van der Waals surface area contributed by atoms with E-state index in [9.17, 15) is 28.1 Å². The van der Waals surface area contributed by atoms with Crippen LogP contribution in [0.15, 0.2) is 24.3 Å². The number of hydrogen-bond acceptors (Lipinski definition) is 4. The SMILES string of the molecule is Cn1nc(C(=O)Nc2cc([N+](=O)[O-])ccc2Cl)cc1C(F)(F)F. The number of amides is 1. The fraction of sp³-hybridized carbons (Fsp3) is 0.167. The first kappa shape index (κ1) is 16.7. The van der Waals surface area contributed by atoms with E-state index in [-0.39, 0.29) is 16.4 Å². The van der Waals surface area contributed by atoms with E-state index < -0.39 is 28.4 Å². The number of anilines is 1. The molecule has 0 bridgehead atoms. The van der Waals surface area contributed by atoms with Gasteiger partial charge >= 0.3 is 6.18 Å². The average molecular weight is 349 g/mol. The quantitative estimate of drug-likeness (QED) is 0.681. The zero-order valence-electron chi connectivity index (χ0n) is 11.4. The Morgan fingerprint density at radius 3 is 2.57 bits per heavy atom. The number of hydrogen-bond donors (Lipinski definition) is 1. The summed E-state index contributed by atoms with van der Waals surface area (Å²) in [5, 5.41) is 16.3. The molecule has 11 heteroatoms. The van der Waals surface area contributed by atoms with Crippen LogP contribution < -0.4 is 5.32 Å². The number of nitro groups is 1. The van der Waals surface area contributed by atoms with Crippen LogP contribution in [0.1, 0.15) is 16.2 Å². The molecule has 1 aromatic heterocycles. The number of aromatic nitrogens is 2. The van der Waals surface area contributed by atoms with Gasteiger partial charge in [0.2, 0.25) is 0 Å². The lowest BCUT2D eigenvalue weighted by molar-refractivity contribution is -0.384. The highest BCUT2D eigenvalue weighted by Gasteiger charge is 2.35. The molecule has 0 aliphatic rings. The van der Waals surface area contributed by atoms with Crippen molar-refractivity contribution in [3.63, 3.8) is 0 Å². The number of nitrogens with one attached hydrogen (secondary N) is 1. The highest BCUT2D eigenvalue weighted by Crippen LogP contribution is 2.30. The molecule has 23 heavy (non-hydrogen) atoms. The zero-order chi connectivity index (χ0) is 17.4. The molecule has 0 fully saturated rings. The molecule has 0 aliphatic heterocycles. The smallest absolute Gasteiger partial charge is 0.319 e. The van der Waals surface area contributed by atoms with Crippen molar-refractivity contribution in [1.82, 2.24) is 9.78 Å². The van der Waals surface area contributed by atoms with Gasteiger partial charge in [0.15, 0.2) is 5.69 Å². The van der Waals surface area contributed by atoms with Crippen molar-refractivity contribution in [3.8, 4) is 0 Å².